The van der Waals surface area contributed by atoms with Crippen LogP contribution in [0.1, 0.15) is 15.9 Å². The first kappa shape index (κ1) is 20.6. The highest BCUT2D eigenvalue weighted by molar-refractivity contribution is 7.22. The molecule has 0 saturated carbocycles. The summed E-state index contributed by atoms with van der Waals surface area (Å²) in [7, 11) is 7.08. The second-order valence-electron chi connectivity index (χ2n) is 6.62. The molecule has 8 heteroatoms. The van der Waals surface area contributed by atoms with Gasteiger partial charge in [0.1, 0.15) is 0 Å². The van der Waals surface area contributed by atoms with E-state index in [4.69, 9.17) is 14.7 Å². The maximum Gasteiger partial charge on any atom is 0.260 e. The van der Waals surface area contributed by atoms with Gasteiger partial charge in [-0.05, 0) is 38.4 Å². The van der Waals surface area contributed by atoms with Crippen molar-refractivity contribution in [1.82, 2.24) is 9.88 Å². The molecule has 0 bridgehead atoms. The van der Waals surface area contributed by atoms with Crippen LogP contribution in [0, 0.1) is 11.3 Å². The fourth-order valence-corrected chi connectivity index (χ4v) is 3.79. The smallest absolute Gasteiger partial charge is 0.260 e. The average Bonchev–Trinajstić information content (AvgIpc) is 3.14. The summed E-state index contributed by atoms with van der Waals surface area (Å²) in [5.41, 5.74) is 1.77. The molecule has 0 fully saturated rings. The van der Waals surface area contributed by atoms with E-state index in [1.165, 1.54) is 11.3 Å². The van der Waals surface area contributed by atoms with Crippen LogP contribution in [0.5, 0.6) is 11.5 Å². The monoisotopic (exact) mass is 410 g/mol. The molecule has 3 aromatic rings. The van der Waals surface area contributed by atoms with Gasteiger partial charge in [0.15, 0.2) is 16.6 Å². The highest BCUT2D eigenvalue weighted by Gasteiger charge is 2.22. The number of nitrogens with zero attached hydrogens (tertiary/aromatic N) is 4. The van der Waals surface area contributed by atoms with Gasteiger partial charge in [0.25, 0.3) is 5.91 Å². The molecule has 3 rings (SSSR count). The number of rotatable bonds is 7. The van der Waals surface area contributed by atoms with Gasteiger partial charge in [0.2, 0.25) is 0 Å². The number of aromatic nitrogens is 1. The largest absolute Gasteiger partial charge is 0.493 e. The zero-order valence-corrected chi connectivity index (χ0v) is 17.6. The Morgan fingerprint density at radius 2 is 1.76 bits per heavy atom. The van der Waals surface area contributed by atoms with Gasteiger partial charge in [0.05, 0.1) is 36.1 Å². The van der Waals surface area contributed by atoms with E-state index < -0.39 is 0 Å². The number of thiazole rings is 1. The molecule has 0 N–H and O–H groups in total. The fourth-order valence-electron chi connectivity index (χ4n) is 2.79. The Kier molecular flexibility index (Phi) is 6.32. The number of likely N-dealkylation sites (N-methyl/N-ethyl adjacent to an activating group) is 1. The van der Waals surface area contributed by atoms with Crippen molar-refractivity contribution in [2.45, 2.75) is 0 Å². The third-order valence-corrected chi connectivity index (χ3v) is 5.43. The summed E-state index contributed by atoms with van der Waals surface area (Å²) in [5, 5.41) is 9.59. The van der Waals surface area contributed by atoms with E-state index in [9.17, 15) is 4.79 Å². The zero-order valence-electron chi connectivity index (χ0n) is 16.8. The van der Waals surface area contributed by atoms with Crippen LogP contribution < -0.4 is 14.4 Å². The predicted molar refractivity (Wildman–Crippen MR) is 114 cm³/mol. The average molecular weight is 410 g/mol. The lowest BCUT2D eigenvalue weighted by Gasteiger charge is -2.22. The third-order valence-electron chi connectivity index (χ3n) is 4.39. The number of anilines is 1. The van der Waals surface area contributed by atoms with Crippen LogP contribution in [0.2, 0.25) is 0 Å². The Morgan fingerprint density at radius 1 is 1.10 bits per heavy atom. The van der Waals surface area contributed by atoms with Gasteiger partial charge in [-0.1, -0.05) is 11.3 Å². The summed E-state index contributed by atoms with van der Waals surface area (Å²) in [4.78, 5) is 21.6. The maximum absolute atomic E-state index is 13.2. The van der Waals surface area contributed by atoms with Crippen LogP contribution in [0.4, 0.5) is 5.13 Å². The second-order valence-corrected chi connectivity index (χ2v) is 7.63. The van der Waals surface area contributed by atoms with E-state index in [-0.39, 0.29) is 5.91 Å². The van der Waals surface area contributed by atoms with Crippen LogP contribution in [0.25, 0.3) is 10.2 Å². The summed E-state index contributed by atoms with van der Waals surface area (Å²) in [6.45, 7) is 1.17. The van der Waals surface area contributed by atoms with Gasteiger partial charge in [-0.25, -0.2) is 4.98 Å². The molecule has 0 unspecified atom stereocenters. The normalized spacial score (nSPS) is 10.8. The lowest BCUT2D eigenvalue weighted by atomic mass is 10.1. The van der Waals surface area contributed by atoms with Crippen LogP contribution in [0.3, 0.4) is 0 Å². The summed E-state index contributed by atoms with van der Waals surface area (Å²) < 4.78 is 11.6. The molecule has 150 valence electrons. The van der Waals surface area contributed by atoms with Crippen molar-refractivity contribution in [2.75, 3.05) is 46.3 Å². The summed E-state index contributed by atoms with van der Waals surface area (Å²) in [6.07, 6.45) is 0. The molecule has 29 heavy (non-hydrogen) atoms. The quantitative estimate of drug-likeness (QED) is 0.594. The molecule has 1 aromatic heterocycles. The summed E-state index contributed by atoms with van der Waals surface area (Å²) in [5.74, 6) is 1.05. The number of nitriles is 1. The molecule has 7 nitrogen and oxygen atoms in total. The molecule has 0 atom stereocenters. The Morgan fingerprint density at radius 3 is 2.34 bits per heavy atom. The van der Waals surface area contributed by atoms with Gasteiger partial charge in [0, 0.05) is 30.8 Å². The van der Waals surface area contributed by atoms with E-state index >= 15 is 0 Å². The molecule has 0 radical (unpaired) electrons. The predicted octanol–water partition coefficient (Wildman–Crippen LogP) is 3.39. The first-order valence-electron chi connectivity index (χ1n) is 8.96. The third kappa shape index (κ3) is 4.47. The maximum atomic E-state index is 13.2. The zero-order chi connectivity index (χ0) is 21.0. The molecule has 0 aliphatic carbocycles. The molecule has 1 amide bonds. The Hall–Kier alpha value is -3.15. The lowest BCUT2D eigenvalue weighted by molar-refractivity contribution is 0.0985. The number of methoxy groups -OCH3 is 2. The number of hydrogen-bond donors (Lipinski definition) is 0. The van der Waals surface area contributed by atoms with E-state index in [0.717, 1.165) is 10.2 Å². The van der Waals surface area contributed by atoms with Crippen molar-refractivity contribution >= 4 is 32.6 Å². The minimum atomic E-state index is -0.158. The first-order valence-corrected chi connectivity index (χ1v) is 9.77. The topological polar surface area (TPSA) is 78.7 Å². The van der Waals surface area contributed by atoms with Crippen molar-refractivity contribution in [3.8, 4) is 17.6 Å². The molecular weight excluding hydrogens is 388 g/mol. The number of carbonyl (C=O) groups excluding carboxylic acids is 1. The van der Waals surface area contributed by atoms with Crippen LogP contribution in [-0.2, 0) is 0 Å². The van der Waals surface area contributed by atoms with Gasteiger partial charge in [-0.15, -0.1) is 0 Å². The molecule has 2 aromatic carbocycles. The summed E-state index contributed by atoms with van der Waals surface area (Å²) >= 11 is 1.42. The van der Waals surface area contributed by atoms with Crippen LogP contribution in [0.15, 0.2) is 36.4 Å². The number of amides is 1. The van der Waals surface area contributed by atoms with Crippen LogP contribution >= 0.6 is 11.3 Å². The first-order chi connectivity index (χ1) is 14.0. The molecular formula is C21H22N4O3S. The van der Waals surface area contributed by atoms with Gasteiger partial charge in [-0.2, -0.15) is 5.26 Å². The van der Waals surface area contributed by atoms with Gasteiger partial charge < -0.3 is 14.4 Å². The van der Waals surface area contributed by atoms with Crippen molar-refractivity contribution in [3.63, 3.8) is 0 Å². The number of ether oxygens (including phenoxy) is 2. The van der Waals surface area contributed by atoms with E-state index in [0.29, 0.717) is 40.8 Å². The number of benzene rings is 2. The van der Waals surface area contributed by atoms with E-state index in [1.807, 2.05) is 31.1 Å². The van der Waals surface area contributed by atoms with Crippen molar-refractivity contribution < 1.29 is 14.3 Å². The Balaban J connectivity index is 2.01. The van der Waals surface area contributed by atoms with E-state index in [1.54, 1.807) is 43.4 Å². The highest BCUT2D eigenvalue weighted by Crippen LogP contribution is 2.37. The number of carbonyl (C=O) groups is 1. The Labute approximate surface area is 173 Å². The molecule has 0 saturated heterocycles. The van der Waals surface area contributed by atoms with E-state index in [2.05, 4.69) is 11.1 Å². The second kappa shape index (κ2) is 8.90. The van der Waals surface area contributed by atoms with Crippen molar-refractivity contribution in [2.24, 2.45) is 0 Å². The lowest BCUT2D eigenvalue weighted by Crippen LogP contribution is -2.36. The standard InChI is InChI=1S/C21H22N4O3S/c1-24(2)9-10-25(20(26)15-7-5-14(13-22)6-8-15)21-23-16-11-17(27-3)18(28-4)12-19(16)29-21/h5-8,11-12H,9-10H2,1-4H3. The Bertz CT molecular complexity index is 1010. The molecule has 0 spiro atoms. The SMILES string of the molecule is COc1cc2nc(N(CCN(C)C)C(=O)c3ccc(C#N)cc3)sc2cc1OC. The van der Waals surface area contributed by atoms with Crippen molar-refractivity contribution in [3.05, 3.63) is 47.5 Å². The molecule has 0 aliphatic heterocycles. The number of hydrogen-bond acceptors (Lipinski definition) is 7. The van der Waals surface area contributed by atoms with Gasteiger partial charge in [-0.3, -0.25) is 9.69 Å². The van der Waals surface area contributed by atoms with Gasteiger partial charge >= 0.3 is 0 Å². The minimum Gasteiger partial charge on any atom is -0.493 e. The number of fused-ring (bicyclic) bond motifs is 1. The summed E-state index contributed by atoms with van der Waals surface area (Å²) in [6, 6.07) is 12.4. The molecule has 1 heterocycles. The van der Waals surface area contributed by atoms with Crippen molar-refractivity contribution in [1.29, 1.82) is 5.26 Å². The molecule has 0 aliphatic rings. The fraction of sp³-hybridized carbons (Fsp3) is 0.286. The minimum absolute atomic E-state index is 0.158. The van der Waals surface area contributed by atoms with Crippen LogP contribution in [-0.4, -0.2) is 57.2 Å². The highest BCUT2D eigenvalue weighted by atomic mass is 32.1.